The Kier molecular flexibility index (Phi) is 4.49. The van der Waals surface area contributed by atoms with Gasteiger partial charge in [0.25, 0.3) is 0 Å². The van der Waals surface area contributed by atoms with E-state index in [0.717, 1.165) is 0 Å². The molecule has 5 nitrogen and oxygen atoms in total. The van der Waals surface area contributed by atoms with E-state index in [-0.39, 0.29) is 12.5 Å². The molecule has 88 valence electrons. The minimum absolute atomic E-state index is 0.0719. The molecule has 1 aromatic heterocycles. The molecular formula is C10H14ClN3O2. The van der Waals surface area contributed by atoms with E-state index in [2.05, 4.69) is 10.2 Å². The summed E-state index contributed by atoms with van der Waals surface area (Å²) in [5.41, 5.74) is 0. The molecule has 1 heterocycles. The molecule has 0 bridgehead atoms. The van der Waals surface area contributed by atoms with Crippen molar-refractivity contribution in [3.63, 3.8) is 0 Å². The molecule has 0 atom stereocenters. The first-order valence-corrected chi connectivity index (χ1v) is 5.36. The Hall–Kier alpha value is -1.36. The minimum atomic E-state index is -0.826. The highest BCUT2D eigenvalue weighted by Crippen LogP contribution is 2.15. The zero-order valence-electron chi connectivity index (χ0n) is 9.22. The number of hydrogen-bond acceptors (Lipinski definition) is 4. The van der Waals surface area contributed by atoms with Crippen molar-refractivity contribution in [2.24, 2.45) is 0 Å². The van der Waals surface area contributed by atoms with Gasteiger partial charge in [-0.25, -0.2) is 0 Å². The van der Waals surface area contributed by atoms with Crippen LogP contribution in [-0.2, 0) is 4.79 Å². The first-order valence-electron chi connectivity index (χ1n) is 4.98. The summed E-state index contributed by atoms with van der Waals surface area (Å²) >= 11 is 5.64. The summed E-state index contributed by atoms with van der Waals surface area (Å²) in [6.07, 6.45) is 0.0719. The first kappa shape index (κ1) is 12.7. The van der Waals surface area contributed by atoms with Crippen LogP contribution in [0.1, 0.15) is 20.3 Å². The molecule has 0 unspecified atom stereocenters. The second kappa shape index (κ2) is 5.65. The molecule has 0 saturated carbocycles. The maximum absolute atomic E-state index is 10.5. The number of halogens is 1. The van der Waals surface area contributed by atoms with E-state index in [4.69, 9.17) is 16.7 Å². The van der Waals surface area contributed by atoms with Crippen molar-refractivity contribution in [2.75, 3.05) is 11.4 Å². The number of rotatable bonds is 5. The maximum atomic E-state index is 10.5. The van der Waals surface area contributed by atoms with Crippen LogP contribution in [0.4, 0.5) is 5.82 Å². The number of hydrogen-bond donors (Lipinski definition) is 1. The maximum Gasteiger partial charge on any atom is 0.305 e. The minimum Gasteiger partial charge on any atom is -0.481 e. The number of carboxylic acids is 1. The van der Waals surface area contributed by atoms with Gasteiger partial charge in [0, 0.05) is 12.6 Å². The highest BCUT2D eigenvalue weighted by Gasteiger charge is 2.13. The summed E-state index contributed by atoms with van der Waals surface area (Å²) in [5.74, 6) is -0.187. The van der Waals surface area contributed by atoms with Gasteiger partial charge in [-0.1, -0.05) is 11.6 Å². The summed E-state index contributed by atoms with van der Waals surface area (Å²) < 4.78 is 0. The van der Waals surface area contributed by atoms with Crippen molar-refractivity contribution >= 4 is 23.4 Å². The molecule has 0 aliphatic heterocycles. The van der Waals surface area contributed by atoms with E-state index in [1.807, 2.05) is 18.7 Å². The lowest BCUT2D eigenvalue weighted by Crippen LogP contribution is -2.33. The van der Waals surface area contributed by atoms with Gasteiger partial charge in [-0.3, -0.25) is 4.79 Å². The second-order valence-corrected chi connectivity index (χ2v) is 4.03. The van der Waals surface area contributed by atoms with Gasteiger partial charge >= 0.3 is 5.97 Å². The van der Waals surface area contributed by atoms with Crippen molar-refractivity contribution < 1.29 is 9.90 Å². The van der Waals surface area contributed by atoms with E-state index in [9.17, 15) is 4.79 Å². The highest BCUT2D eigenvalue weighted by molar-refractivity contribution is 6.29. The molecule has 0 fully saturated rings. The van der Waals surface area contributed by atoms with Crippen LogP contribution < -0.4 is 4.90 Å². The van der Waals surface area contributed by atoms with E-state index in [1.54, 1.807) is 12.1 Å². The van der Waals surface area contributed by atoms with Gasteiger partial charge in [0.05, 0.1) is 6.42 Å². The van der Waals surface area contributed by atoms with E-state index in [0.29, 0.717) is 17.5 Å². The van der Waals surface area contributed by atoms with E-state index >= 15 is 0 Å². The zero-order chi connectivity index (χ0) is 12.1. The third kappa shape index (κ3) is 3.66. The van der Waals surface area contributed by atoms with Gasteiger partial charge in [-0.2, -0.15) is 0 Å². The fourth-order valence-electron chi connectivity index (χ4n) is 1.32. The SMILES string of the molecule is CC(C)N(CCC(=O)O)c1ccc(Cl)nn1. The fourth-order valence-corrected chi connectivity index (χ4v) is 1.42. The number of aliphatic carboxylic acids is 1. The van der Waals surface area contributed by atoms with Crippen molar-refractivity contribution in [1.82, 2.24) is 10.2 Å². The quantitative estimate of drug-likeness (QED) is 0.855. The largest absolute Gasteiger partial charge is 0.481 e. The molecule has 0 aliphatic rings. The predicted octanol–water partition coefficient (Wildman–Crippen LogP) is 1.82. The molecule has 1 rings (SSSR count). The molecule has 0 amide bonds. The van der Waals surface area contributed by atoms with Gasteiger partial charge < -0.3 is 10.0 Å². The number of aromatic nitrogens is 2. The second-order valence-electron chi connectivity index (χ2n) is 3.65. The Labute approximate surface area is 99.0 Å². The molecule has 1 aromatic rings. The molecule has 6 heteroatoms. The molecule has 0 radical (unpaired) electrons. The Morgan fingerprint density at radius 3 is 2.62 bits per heavy atom. The Bertz CT molecular complexity index is 354. The number of carbonyl (C=O) groups is 1. The lowest BCUT2D eigenvalue weighted by atomic mass is 10.3. The lowest BCUT2D eigenvalue weighted by Gasteiger charge is -2.26. The number of anilines is 1. The van der Waals surface area contributed by atoms with Crippen LogP contribution in [-0.4, -0.2) is 33.9 Å². The summed E-state index contributed by atoms with van der Waals surface area (Å²) in [6.45, 7) is 4.35. The van der Waals surface area contributed by atoms with E-state index < -0.39 is 5.97 Å². The number of carboxylic acid groups (broad SMARTS) is 1. The van der Waals surface area contributed by atoms with Crippen LogP contribution in [0.5, 0.6) is 0 Å². The Morgan fingerprint density at radius 1 is 1.50 bits per heavy atom. The van der Waals surface area contributed by atoms with Gasteiger partial charge in [0.1, 0.15) is 0 Å². The van der Waals surface area contributed by atoms with Gasteiger partial charge in [-0.05, 0) is 26.0 Å². The van der Waals surface area contributed by atoms with Crippen LogP contribution in [0.25, 0.3) is 0 Å². The summed E-state index contributed by atoms with van der Waals surface area (Å²) in [5, 5.41) is 16.6. The van der Waals surface area contributed by atoms with Crippen LogP contribution in [0.3, 0.4) is 0 Å². The van der Waals surface area contributed by atoms with Gasteiger partial charge in [0.15, 0.2) is 11.0 Å². The van der Waals surface area contributed by atoms with E-state index in [1.165, 1.54) is 0 Å². The van der Waals surface area contributed by atoms with Gasteiger partial charge in [-0.15, -0.1) is 10.2 Å². The molecule has 0 aliphatic carbocycles. The number of nitrogens with zero attached hydrogens (tertiary/aromatic N) is 3. The average molecular weight is 244 g/mol. The van der Waals surface area contributed by atoms with Crippen LogP contribution in [0.15, 0.2) is 12.1 Å². The van der Waals surface area contributed by atoms with Gasteiger partial charge in [0.2, 0.25) is 0 Å². The fraction of sp³-hybridized carbons (Fsp3) is 0.500. The van der Waals surface area contributed by atoms with Crippen LogP contribution in [0.2, 0.25) is 5.15 Å². The Balaban J connectivity index is 2.77. The van der Waals surface area contributed by atoms with Crippen molar-refractivity contribution in [1.29, 1.82) is 0 Å². The molecule has 0 spiro atoms. The topological polar surface area (TPSA) is 66.3 Å². The molecule has 1 N–H and O–H groups in total. The summed E-state index contributed by atoms with van der Waals surface area (Å²) in [7, 11) is 0. The summed E-state index contributed by atoms with van der Waals surface area (Å²) in [6, 6.07) is 3.53. The first-order chi connectivity index (χ1) is 7.50. The molecule has 16 heavy (non-hydrogen) atoms. The van der Waals surface area contributed by atoms with Crippen molar-refractivity contribution in [2.45, 2.75) is 26.3 Å². The smallest absolute Gasteiger partial charge is 0.305 e. The highest BCUT2D eigenvalue weighted by atomic mass is 35.5. The van der Waals surface area contributed by atoms with Crippen LogP contribution >= 0.6 is 11.6 Å². The molecular weight excluding hydrogens is 230 g/mol. The Morgan fingerprint density at radius 2 is 2.19 bits per heavy atom. The lowest BCUT2D eigenvalue weighted by molar-refractivity contribution is -0.136. The standard InChI is InChI=1S/C10H14ClN3O2/c1-7(2)14(6-5-10(15)16)9-4-3-8(11)12-13-9/h3-4,7H,5-6H2,1-2H3,(H,15,16). The predicted molar refractivity (Wildman–Crippen MR) is 61.8 cm³/mol. The zero-order valence-corrected chi connectivity index (χ0v) is 9.98. The molecule has 0 saturated heterocycles. The molecule has 0 aromatic carbocycles. The van der Waals surface area contributed by atoms with Crippen molar-refractivity contribution in [3.8, 4) is 0 Å². The normalized spacial score (nSPS) is 10.5. The monoisotopic (exact) mass is 243 g/mol. The third-order valence-corrected chi connectivity index (χ3v) is 2.30. The van der Waals surface area contributed by atoms with Crippen molar-refractivity contribution in [3.05, 3.63) is 17.3 Å². The summed E-state index contributed by atoms with van der Waals surface area (Å²) in [4.78, 5) is 12.4. The third-order valence-electron chi connectivity index (χ3n) is 2.10. The van der Waals surface area contributed by atoms with Crippen LogP contribution in [0, 0.1) is 0 Å². The average Bonchev–Trinajstić information content (AvgIpc) is 2.20.